The van der Waals surface area contributed by atoms with Gasteiger partial charge in [-0.3, -0.25) is 24.5 Å². The van der Waals surface area contributed by atoms with Crippen molar-refractivity contribution >= 4 is 23.6 Å². The third kappa shape index (κ3) is 4.22. The molecule has 2 aliphatic heterocycles. The second-order valence-corrected chi connectivity index (χ2v) is 8.45. The predicted molar refractivity (Wildman–Crippen MR) is 114 cm³/mol. The first-order valence-corrected chi connectivity index (χ1v) is 10.6. The number of amides is 4. The highest BCUT2D eigenvalue weighted by Crippen LogP contribution is 2.31. The van der Waals surface area contributed by atoms with Crippen LogP contribution in [0.2, 0.25) is 0 Å². The maximum Gasteiger partial charge on any atom is 0.349 e. The highest BCUT2D eigenvalue weighted by molar-refractivity contribution is 6.05. The van der Waals surface area contributed by atoms with Crippen LogP contribution in [0.1, 0.15) is 51.0 Å². The zero-order valence-electron chi connectivity index (χ0n) is 18.2. The van der Waals surface area contributed by atoms with Crippen LogP contribution in [0.3, 0.4) is 0 Å². The third-order valence-electron chi connectivity index (χ3n) is 6.20. The van der Waals surface area contributed by atoms with Gasteiger partial charge in [0.15, 0.2) is 0 Å². The number of carbonyl (C=O) groups excluding carboxylic acids is 4. The molecule has 0 bridgehead atoms. The lowest BCUT2D eigenvalue weighted by atomic mass is 10.0. The van der Waals surface area contributed by atoms with Gasteiger partial charge in [-0.15, -0.1) is 0 Å². The molecular weight excluding hydrogens is 432 g/mol. The lowest BCUT2D eigenvalue weighted by molar-refractivity contribution is -0.147. The molecule has 7 nitrogen and oxygen atoms in total. The average Bonchev–Trinajstić information content (AvgIpc) is 3.09. The van der Waals surface area contributed by atoms with Crippen molar-refractivity contribution in [2.45, 2.75) is 51.7 Å². The van der Waals surface area contributed by atoms with Gasteiger partial charge >= 0.3 is 5.92 Å². The highest BCUT2D eigenvalue weighted by Gasteiger charge is 2.41. The van der Waals surface area contributed by atoms with Crippen molar-refractivity contribution in [3.63, 3.8) is 0 Å². The predicted octanol–water partition coefficient (Wildman–Crippen LogP) is 2.47. The zero-order valence-corrected chi connectivity index (χ0v) is 18.2. The molecule has 2 heterocycles. The summed E-state index contributed by atoms with van der Waals surface area (Å²) >= 11 is 0. The van der Waals surface area contributed by atoms with E-state index < -0.39 is 23.8 Å². The van der Waals surface area contributed by atoms with Crippen molar-refractivity contribution < 1.29 is 28.0 Å². The molecule has 4 rings (SSSR count). The van der Waals surface area contributed by atoms with Gasteiger partial charge in [-0.05, 0) is 54.7 Å². The van der Waals surface area contributed by atoms with Crippen molar-refractivity contribution in [3.8, 4) is 0 Å². The Morgan fingerprint density at radius 2 is 1.88 bits per heavy atom. The van der Waals surface area contributed by atoms with Gasteiger partial charge in [0.05, 0.1) is 0 Å². The van der Waals surface area contributed by atoms with E-state index in [-0.39, 0.29) is 43.3 Å². The van der Waals surface area contributed by atoms with Gasteiger partial charge in [0.1, 0.15) is 6.04 Å². The molecule has 4 amide bonds. The first-order valence-electron chi connectivity index (χ1n) is 10.6. The number of nitrogens with zero attached hydrogens (tertiary/aromatic N) is 1. The Morgan fingerprint density at radius 1 is 1.12 bits per heavy atom. The molecule has 1 saturated heterocycles. The van der Waals surface area contributed by atoms with E-state index in [9.17, 15) is 28.0 Å². The number of aryl methyl sites for hydroxylation is 2. The Labute approximate surface area is 189 Å². The van der Waals surface area contributed by atoms with Crippen molar-refractivity contribution in [3.05, 3.63) is 69.8 Å². The molecule has 0 spiro atoms. The number of hydrogen-bond donors (Lipinski definition) is 2. The molecule has 1 fully saturated rings. The van der Waals surface area contributed by atoms with Crippen LogP contribution in [0.5, 0.6) is 0 Å². The van der Waals surface area contributed by atoms with E-state index in [0.717, 1.165) is 5.56 Å². The monoisotopic (exact) mass is 455 g/mol. The molecule has 33 heavy (non-hydrogen) atoms. The molecule has 0 radical (unpaired) electrons. The number of hydrogen-bond acceptors (Lipinski definition) is 4. The van der Waals surface area contributed by atoms with Crippen LogP contribution < -0.4 is 10.6 Å². The van der Waals surface area contributed by atoms with Crippen molar-refractivity contribution in [1.82, 2.24) is 15.5 Å². The first-order chi connectivity index (χ1) is 15.6. The standard InChI is InChI=1S/C24H23F2N3O4/c1-13-3-5-17(9-14(13)2)24(25,26)23(33)27-11-15-4-6-18-16(10-15)12-29(22(18)32)19-7-8-20(30)28-21(19)31/h3-6,9-10,19H,7-8,11-12H2,1-2H3,(H,27,33)(H,28,30,31). The summed E-state index contributed by atoms with van der Waals surface area (Å²) in [4.78, 5) is 49.9. The largest absolute Gasteiger partial charge is 0.349 e. The fourth-order valence-corrected chi connectivity index (χ4v) is 4.10. The molecule has 0 aliphatic carbocycles. The van der Waals surface area contributed by atoms with E-state index in [4.69, 9.17) is 0 Å². The summed E-state index contributed by atoms with van der Waals surface area (Å²) in [6, 6.07) is 8.17. The quantitative estimate of drug-likeness (QED) is 0.678. The van der Waals surface area contributed by atoms with Crippen LogP contribution in [0.15, 0.2) is 36.4 Å². The van der Waals surface area contributed by atoms with Gasteiger partial charge in [0, 0.05) is 30.6 Å². The summed E-state index contributed by atoms with van der Waals surface area (Å²) in [5.41, 5.74) is 2.75. The number of piperidine rings is 1. The Bertz CT molecular complexity index is 1180. The molecule has 0 saturated carbocycles. The third-order valence-corrected chi connectivity index (χ3v) is 6.20. The number of imide groups is 1. The lowest BCUT2D eigenvalue weighted by Gasteiger charge is -2.29. The lowest BCUT2D eigenvalue weighted by Crippen LogP contribution is -2.52. The zero-order chi connectivity index (χ0) is 23.9. The SMILES string of the molecule is Cc1ccc(C(F)(F)C(=O)NCc2ccc3c(c2)CN(C2CCC(=O)NC2=O)C3=O)cc1C. The van der Waals surface area contributed by atoms with Crippen LogP contribution in [0.25, 0.3) is 0 Å². The Balaban J connectivity index is 1.44. The van der Waals surface area contributed by atoms with Gasteiger partial charge in [0.25, 0.3) is 11.8 Å². The molecule has 172 valence electrons. The molecule has 2 aromatic rings. The fraction of sp³-hybridized carbons (Fsp3) is 0.333. The van der Waals surface area contributed by atoms with Crippen LogP contribution in [0.4, 0.5) is 8.78 Å². The molecule has 2 N–H and O–H groups in total. The molecule has 0 aromatic heterocycles. The number of benzene rings is 2. The summed E-state index contributed by atoms with van der Waals surface area (Å²) in [5.74, 6) is -6.29. The van der Waals surface area contributed by atoms with E-state index in [2.05, 4.69) is 10.6 Å². The second kappa shape index (κ2) is 8.38. The summed E-state index contributed by atoms with van der Waals surface area (Å²) in [5, 5.41) is 4.51. The van der Waals surface area contributed by atoms with E-state index >= 15 is 0 Å². The van der Waals surface area contributed by atoms with Crippen LogP contribution in [-0.2, 0) is 33.4 Å². The second-order valence-electron chi connectivity index (χ2n) is 8.45. The number of halogens is 2. The van der Waals surface area contributed by atoms with Crippen LogP contribution in [-0.4, -0.2) is 34.6 Å². The van der Waals surface area contributed by atoms with Crippen molar-refractivity contribution in [1.29, 1.82) is 0 Å². The van der Waals surface area contributed by atoms with Crippen LogP contribution >= 0.6 is 0 Å². The van der Waals surface area contributed by atoms with Crippen molar-refractivity contribution in [2.75, 3.05) is 0 Å². The normalized spacial score (nSPS) is 18.2. The maximum absolute atomic E-state index is 14.6. The van der Waals surface area contributed by atoms with Gasteiger partial charge in [-0.2, -0.15) is 8.78 Å². The number of rotatable bonds is 5. The van der Waals surface area contributed by atoms with Crippen LogP contribution in [0, 0.1) is 13.8 Å². The van der Waals surface area contributed by atoms with Gasteiger partial charge in [0.2, 0.25) is 11.8 Å². The average molecular weight is 455 g/mol. The Morgan fingerprint density at radius 3 is 2.58 bits per heavy atom. The highest BCUT2D eigenvalue weighted by atomic mass is 19.3. The number of fused-ring (bicyclic) bond motifs is 1. The Kier molecular flexibility index (Phi) is 5.73. The maximum atomic E-state index is 14.6. The molecule has 2 aromatic carbocycles. The smallest absolute Gasteiger partial charge is 0.346 e. The summed E-state index contributed by atoms with van der Waals surface area (Å²) < 4.78 is 29.3. The van der Waals surface area contributed by atoms with Gasteiger partial charge in [-0.25, -0.2) is 0 Å². The minimum atomic E-state index is -3.69. The van der Waals surface area contributed by atoms with E-state index in [1.165, 1.54) is 17.0 Å². The molecular formula is C24H23F2N3O4. The Hall–Kier alpha value is -3.62. The van der Waals surface area contributed by atoms with Crippen molar-refractivity contribution in [2.24, 2.45) is 0 Å². The first kappa shape index (κ1) is 22.6. The minimum absolute atomic E-state index is 0.140. The topological polar surface area (TPSA) is 95.6 Å². The summed E-state index contributed by atoms with van der Waals surface area (Å²) in [7, 11) is 0. The molecule has 1 unspecified atom stereocenters. The minimum Gasteiger partial charge on any atom is -0.346 e. The number of alkyl halides is 2. The summed E-state index contributed by atoms with van der Waals surface area (Å²) in [6.07, 6.45) is 0.406. The van der Waals surface area contributed by atoms with Gasteiger partial charge in [-0.1, -0.05) is 24.3 Å². The number of carbonyl (C=O) groups is 4. The van der Waals surface area contributed by atoms with E-state index in [0.29, 0.717) is 22.3 Å². The molecule has 2 aliphatic rings. The van der Waals surface area contributed by atoms with Gasteiger partial charge < -0.3 is 10.2 Å². The molecule has 1 atom stereocenters. The van der Waals surface area contributed by atoms with E-state index in [1.807, 2.05) is 0 Å². The molecule has 9 heteroatoms. The fourth-order valence-electron chi connectivity index (χ4n) is 4.10. The number of nitrogens with one attached hydrogen (secondary N) is 2. The van der Waals surface area contributed by atoms with E-state index in [1.54, 1.807) is 38.1 Å². The summed E-state index contributed by atoms with van der Waals surface area (Å²) in [6.45, 7) is 3.54.